The van der Waals surface area contributed by atoms with Crippen LogP contribution in [-0.4, -0.2) is 121 Å². The molecule has 5 rings (SSSR count). The van der Waals surface area contributed by atoms with Crippen molar-refractivity contribution in [3.63, 3.8) is 0 Å². The first kappa shape index (κ1) is 70.7. The molecular weight excluding hydrogens is 1030 g/mol. The molecule has 0 fully saturated rings. The van der Waals surface area contributed by atoms with E-state index in [2.05, 4.69) is 262 Å². The molecule has 0 spiro atoms. The lowest BCUT2D eigenvalue weighted by atomic mass is 9.79. The van der Waals surface area contributed by atoms with Gasteiger partial charge in [0.05, 0.1) is 0 Å². The van der Waals surface area contributed by atoms with Crippen molar-refractivity contribution in [2.75, 3.05) is 52.6 Å². The van der Waals surface area contributed by atoms with E-state index in [0.717, 1.165) is 49.2 Å². The third-order valence-electron chi connectivity index (χ3n) is 17.6. The van der Waals surface area contributed by atoms with Crippen LogP contribution in [0.5, 0.6) is 23.0 Å². The van der Waals surface area contributed by atoms with E-state index in [0.29, 0.717) is 100 Å². The highest BCUT2D eigenvalue weighted by Gasteiger charge is 2.31. The van der Waals surface area contributed by atoms with Crippen LogP contribution in [0.4, 0.5) is 0 Å². The number of rotatable bonds is 24. The van der Waals surface area contributed by atoms with Gasteiger partial charge >= 0.3 is 0 Å². The summed E-state index contributed by atoms with van der Waals surface area (Å²) in [7, 11) is 0. The number of hydrogen-bond acceptors (Lipinski definition) is 8. The minimum Gasteiger partial charge on any atom is -0.492 e. The van der Waals surface area contributed by atoms with Crippen molar-refractivity contribution in [1.82, 2.24) is 19.6 Å². The van der Waals surface area contributed by atoms with E-state index in [1.54, 1.807) is 0 Å². The Bertz CT molecular complexity index is 2240. The third-order valence-corrected chi connectivity index (χ3v) is 17.6. The number of fused-ring (bicyclic) bond motifs is 8. The predicted molar refractivity (Wildman–Crippen MR) is 362 cm³/mol. The maximum absolute atomic E-state index is 7.48. The van der Waals surface area contributed by atoms with E-state index in [-0.39, 0.29) is 21.7 Å². The summed E-state index contributed by atoms with van der Waals surface area (Å²) in [6.45, 7) is 70.7. The van der Waals surface area contributed by atoms with Crippen LogP contribution < -0.4 is 18.9 Å². The fourth-order valence-electron chi connectivity index (χ4n) is 12.8. The average molecular weight is 1160 g/mol. The molecule has 0 amide bonds. The summed E-state index contributed by atoms with van der Waals surface area (Å²) in [4.78, 5) is 10.2. The molecule has 0 radical (unpaired) electrons. The molecule has 0 atom stereocenters. The highest BCUT2D eigenvalue weighted by molar-refractivity contribution is 5.60. The normalized spacial score (nSPS) is 14.0. The zero-order chi connectivity index (χ0) is 63.1. The van der Waals surface area contributed by atoms with Crippen molar-refractivity contribution in [1.29, 1.82) is 0 Å². The maximum atomic E-state index is 7.48. The van der Waals surface area contributed by atoms with Crippen LogP contribution in [0.1, 0.15) is 261 Å². The van der Waals surface area contributed by atoms with Crippen molar-refractivity contribution in [3.8, 4) is 23.0 Å². The molecule has 1 aliphatic carbocycles. The standard InChI is InChI=1S/C76H124N4O4/c1-49(2)77(50(3)4)29-33-81-69-57-37-59-43-66(74(20,21)22)45-61(70(59)82-34-30-78(51(5)6)52(7)8)39-63-47-68(76(26,27)28)48-64(72(63)84-36-32-80(55(13)14)56(15)16)40-62-46-67(75(23,24)25)44-60(38-58(69)42-65(41-57)73(17,18)19)71(62)83-35-31-79(53(9)10)54(11)12/h41-56H,29-40H2,1-28H3. The van der Waals surface area contributed by atoms with Gasteiger partial charge in [-0.2, -0.15) is 0 Å². The molecule has 0 saturated carbocycles. The first-order valence-electron chi connectivity index (χ1n) is 33.0. The Balaban J connectivity index is 2.03. The molecular formula is C76H124N4O4. The second-order valence-corrected chi connectivity index (χ2v) is 31.3. The molecule has 84 heavy (non-hydrogen) atoms. The molecule has 8 nitrogen and oxygen atoms in total. The van der Waals surface area contributed by atoms with Gasteiger partial charge in [-0.1, -0.05) is 132 Å². The fourth-order valence-corrected chi connectivity index (χ4v) is 12.8. The van der Waals surface area contributed by atoms with Crippen molar-refractivity contribution < 1.29 is 18.9 Å². The monoisotopic (exact) mass is 1160 g/mol. The minimum atomic E-state index is -0.149. The summed E-state index contributed by atoms with van der Waals surface area (Å²) in [6, 6.07) is 22.9. The van der Waals surface area contributed by atoms with Gasteiger partial charge in [0.1, 0.15) is 49.4 Å². The quantitative estimate of drug-likeness (QED) is 0.0606. The Morgan fingerprint density at radius 1 is 0.262 bits per heavy atom. The molecule has 4 aromatic rings. The lowest BCUT2D eigenvalue weighted by Crippen LogP contribution is -2.40. The fraction of sp³-hybridized carbons (Fsp3) is 0.684. The van der Waals surface area contributed by atoms with Crippen LogP contribution in [0.15, 0.2) is 48.5 Å². The summed E-state index contributed by atoms with van der Waals surface area (Å²) in [5.74, 6) is 3.92. The topological polar surface area (TPSA) is 49.9 Å². The largest absolute Gasteiger partial charge is 0.492 e. The summed E-state index contributed by atoms with van der Waals surface area (Å²) in [5, 5.41) is 0. The Morgan fingerprint density at radius 3 is 0.500 bits per heavy atom. The van der Waals surface area contributed by atoms with Crippen molar-refractivity contribution >= 4 is 0 Å². The lowest BCUT2D eigenvalue weighted by molar-refractivity contribution is 0.140. The molecule has 472 valence electrons. The van der Waals surface area contributed by atoms with E-state index < -0.39 is 0 Å². The summed E-state index contributed by atoms with van der Waals surface area (Å²) < 4.78 is 29.9. The van der Waals surface area contributed by atoms with E-state index >= 15 is 0 Å². The van der Waals surface area contributed by atoms with E-state index in [4.69, 9.17) is 18.9 Å². The van der Waals surface area contributed by atoms with Crippen LogP contribution in [0, 0.1) is 0 Å². The maximum Gasteiger partial charge on any atom is 0.126 e. The van der Waals surface area contributed by atoms with E-state index in [1.807, 2.05) is 0 Å². The van der Waals surface area contributed by atoms with Gasteiger partial charge in [-0.05, 0) is 199 Å². The van der Waals surface area contributed by atoms with Crippen LogP contribution >= 0.6 is 0 Å². The molecule has 0 N–H and O–H groups in total. The number of hydrogen-bond donors (Lipinski definition) is 0. The van der Waals surface area contributed by atoms with E-state index in [1.165, 1.54) is 66.8 Å². The number of ether oxygens (including phenoxy) is 4. The van der Waals surface area contributed by atoms with Gasteiger partial charge in [0.15, 0.2) is 0 Å². The number of benzene rings is 4. The number of nitrogens with zero attached hydrogens (tertiary/aromatic N) is 4. The van der Waals surface area contributed by atoms with Crippen LogP contribution in [-0.2, 0) is 47.3 Å². The second-order valence-electron chi connectivity index (χ2n) is 31.3. The molecule has 0 saturated heterocycles. The highest BCUT2D eigenvalue weighted by Crippen LogP contribution is 2.45. The van der Waals surface area contributed by atoms with Crippen LogP contribution in [0.2, 0.25) is 0 Å². The van der Waals surface area contributed by atoms with Crippen molar-refractivity contribution in [2.24, 2.45) is 0 Å². The molecule has 0 unspecified atom stereocenters. The second kappa shape index (κ2) is 29.3. The zero-order valence-corrected chi connectivity index (χ0v) is 59.1. The Hall–Kier alpha value is -4.08. The van der Waals surface area contributed by atoms with Gasteiger partial charge in [-0.3, -0.25) is 19.6 Å². The first-order chi connectivity index (χ1) is 38.8. The summed E-state index contributed by atoms with van der Waals surface area (Å²) in [5.41, 5.74) is 14.1. The molecule has 1 aliphatic rings. The van der Waals surface area contributed by atoms with Crippen LogP contribution in [0.25, 0.3) is 0 Å². The third kappa shape index (κ3) is 19.0. The van der Waals surface area contributed by atoms with Crippen molar-refractivity contribution in [3.05, 3.63) is 115 Å². The molecule has 4 aromatic carbocycles. The average Bonchev–Trinajstić information content (AvgIpc) is 2.67. The van der Waals surface area contributed by atoms with Crippen molar-refractivity contribution in [2.45, 2.75) is 290 Å². The molecule has 8 bridgehead atoms. The summed E-state index contributed by atoms with van der Waals surface area (Å²) >= 11 is 0. The van der Waals surface area contributed by atoms with Gasteiger partial charge < -0.3 is 18.9 Å². The zero-order valence-electron chi connectivity index (χ0n) is 59.1. The van der Waals surface area contributed by atoms with Gasteiger partial charge in [0.2, 0.25) is 0 Å². The van der Waals surface area contributed by atoms with Gasteiger partial charge in [-0.15, -0.1) is 0 Å². The smallest absolute Gasteiger partial charge is 0.126 e. The van der Waals surface area contributed by atoms with Gasteiger partial charge in [0, 0.05) is 100 Å². The lowest BCUT2D eigenvalue weighted by Gasteiger charge is -2.32. The van der Waals surface area contributed by atoms with Gasteiger partial charge in [0.25, 0.3) is 0 Å². The molecule has 0 aromatic heterocycles. The minimum absolute atomic E-state index is 0.149. The predicted octanol–water partition coefficient (Wildman–Crippen LogP) is 17.5. The molecule has 0 aliphatic heterocycles. The first-order valence-corrected chi connectivity index (χ1v) is 33.0. The van der Waals surface area contributed by atoms with Crippen LogP contribution in [0.3, 0.4) is 0 Å². The summed E-state index contributed by atoms with van der Waals surface area (Å²) in [6.07, 6.45) is 2.57. The van der Waals surface area contributed by atoms with Gasteiger partial charge in [-0.25, -0.2) is 0 Å². The molecule has 0 heterocycles. The highest BCUT2D eigenvalue weighted by atomic mass is 16.5. The molecule has 8 heteroatoms. The van der Waals surface area contributed by atoms with E-state index in [9.17, 15) is 0 Å². The SMILES string of the molecule is CC(C)N(CCOc1c2cc(C(C)(C)C)cc1Cc1cc(C(C)(C)C)cc(c1OCCN(C(C)C)C(C)C)Cc1cc(C(C)(C)C)cc(c1OCCN(C(C)C)C(C)C)Cc1cc(C(C)(C)C)cc(c1OCCN(C(C)C)C(C)C)C2)C(C)C. The Morgan fingerprint density at radius 2 is 0.393 bits per heavy atom. The Kier molecular flexibility index (Phi) is 24.6. The Labute approximate surface area is 516 Å².